The first-order valence-electron chi connectivity index (χ1n) is 5.79. The van der Waals surface area contributed by atoms with Crippen molar-refractivity contribution in [3.8, 4) is 0 Å². The average molecular weight is 242 g/mol. The van der Waals surface area contributed by atoms with Crippen molar-refractivity contribution in [1.82, 2.24) is 4.90 Å². The van der Waals surface area contributed by atoms with Crippen LogP contribution in [0.15, 0.2) is 0 Å². The van der Waals surface area contributed by atoms with Gasteiger partial charge in [0.1, 0.15) is 0 Å². The molecule has 3 N–H and O–H groups in total. The lowest BCUT2D eigenvalue weighted by molar-refractivity contribution is -0.142. The number of carbonyl (C=O) groups is 3. The van der Waals surface area contributed by atoms with Crippen molar-refractivity contribution in [2.75, 3.05) is 13.1 Å². The molecule has 0 aliphatic carbocycles. The summed E-state index contributed by atoms with van der Waals surface area (Å²) in [5.41, 5.74) is 5.02. The number of carboxylic acid groups (broad SMARTS) is 1. The number of amides is 2. The highest BCUT2D eigenvalue weighted by Gasteiger charge is 2.26. The van der Waals surface area contributed by atoms with Gasteiger partial charge in [0.25, 0.3) is 0 Å². The Morgan fingerprint density at radius 1 is 1.41 bits per heavy atom. The Hall–Kier alpha value is -1.59. The van der Waals surface area contributed by atoms with Gasteiger partial charge < -0.3 is 15.7 Å². The van der Waals surface area contributed by atoms with Crippen molar-refractivity contribution >= 4 is 17.8 Å². The van der Waals surface area contributed by atoms with Gasteiger partial charge in [-0.25, -0.2) is 0 Å². The smallest absolute Gasteiger partial charge is 0.306 e. The van der Waals surface area contributed by atoms with Crippen molar-refractivity contribution in [3.63, 3.8) is 0 Å². The highest BCUT2D eigenvalue weighted by atomic mass is 16.4. The molecule has 6 heteroatoms. The monoisotopic (exact) mass is 242 g/mol. The van der Waals surface area contributed by atoms with Crippen LogP contribution in [0.25, 0.3) is 0 Å². The van der Waals surface area contributed by atoms with Crippen LogP contribution in [0.1, 0.15) is 32.1 Å². The molecule has 0 aromatic rings. The third-order valence-corrected chi connectivity index (χ3v) is 3.01. The van der Waals surface area contributed by atoms with Crippen molar-refractivity contribution in [2.24, 2.45) is 11.7 Å². The van der Waals surface area contributed by atoms with E-state index in [-0.39, 0.29) is 24.7 Å². The fourth-order valence-electron chi connectivity index (χ4n) is 1.96. The van der Waals surface area contributed by atoms with E-state index in [1.54, 1.807) is 4.90 Å². The highest BCUT2D eigenvalue weighted by molar-refractivity contribution is 5.78. The number of rotatable bonds is 5. The van der Waals surface area contributed by atoms with Gasteiger partial charge in [-0.1, -0.05) is 0 Å². The van der Waals surface area contributed by atoms with E-state index >= 15 is 0 Å². The van der Waals surface area contributed by atoms with Gasteiger partial charge in [0, 0.05) is 25.9 Å². The first-order valence-corrected chi connectivity index (χ1v) is 5.79. The molecule has 1 saturated heterocycles. The van der Waals surface area contributed by atoms with Crippen molar-refractivity contribution < 1.29 is 19.5 Å². The molecule has 1 fully saturated rings. The summed E-state index contributed by atoms with van der Waals surface area (Å²) in [6, 6.07) is 0. The minimum Gasteiger partial charge on any atom is -0.481 e. The largest absolute Gasteiger partial charge is 0.481 e. The number of nitrogens with two attached hydrogens (primary N) is 1. The number of carboxylic acids is 1. The maximum atomic E-state index is 11.7. The second-order valence-corrected chi connectivity index (χ2v) is 4.31. The molecule has 0 spiro atoms. The second kappa shape index (κ2) is 6.22. The lowest BCUT2D eigenvalue weighted by atomic mass is 10.0. The zero-order valence-corrected chi connectivity index (χ0v) is 9.72. The summed E-state index contributed by atoms with van der Waals surface area (Å²) in [7, 11) is 0. The minimum absolute atomic E-state index is 0.0294. The predicted molar refractivity (Wildman–Crippen MR) is 60.0 cm³/mol. The van der Waals surface area contributed by atoms with Crippen LogP contribution >= 0.6 is 0 Å². The van der Waals surface area contributed by atoms with E-state index in [0.717, 1.165) is 0 Å². The van der Waals surface area contributed by atoms with E-state index in [1.165, 1.54) is 0 Å². The lowest BCUT2D eigenvalue weighted by Crippen LogP contribution is -2.32. The fourth-order valence-corrected chi connectivity index (χ4v) is 1.96. The molecule has 6 nitrogen and oxygen atoms in total. The number of primary amides is 1. The maximum Gasteiger partial charge on any atom is 0.306 e. The molecular weight excluding hydrogens is 224 g/mol. The Bertz CT molecular complexity index is 317. The van der Waals surface area contributed by atoms with E-state index in [2.05, 4.69) is 0 Å². The number of nitrogens with zero attached hydrogens (tertiary/aromatic N) is 1. The van der Waals surface area contributed by atoms with Gasteiger partial charge in [0.15, 0.2) is 0 Å². The molecule has 0 aromatic heterocycles. The number of hydrogen-bond donors (Lipinski definition) is 2. The molecule has 0 radical (unpaired) electrons. The van der Waals surface area contributed by atoms with Crippen LogP contribution in [0.4, 0.5) is 0 Å². The summed E-state index contributed by atoms with van der Waals surface area (Å²) in [4.78, 5) is 34.7. The molecule has 1 unspecified atom stereocenters. The van der Waals surface area contributed by atoms with E-state index in [0.29, 0.717) is 32.4 Å². The third-order valence-electron chi connectivity index (χ3n) is 3.01. The number of carbonyl (C=O) groups excluding carboxylic acids is 2. The van der Waals surface area contributed by atoms with Crippen molar-refractivity contribution in [1.29, 1.82) is 0 Å². The first-order chi connectivity index (χ1) is 8.00. The van der Waals surface area contributed by atoms with Crippen LogP contribution in [0.5, 0.6) is 0 Å². The van der Waals surface area contributed by atoms with Gasteiger partial charge in [0.2, 0.25) is 11.8 Å². The Balaban J connectivity index is 2.42. The maximum absolute atomic E-state index is 11.7. The third kappa shape index (κ3) is 4.42. The van der Waals surface area contributed by atoms with Crippen LogP contribution in [0.3, 0.4) is 0 Å². The van der Waals surface area contributed by atoms with Gasteiger partial charge in [-0.15, -0.1) is 0 Å². The van der Waals surface area contributed by atoms with Crippen molar-refractivity contribution in [2.45, 2.75) is 32.1 Å². The molecule has 17 heavy (non-hydrogen) atoms. The van der Waals surface area contributed by atoms with E-state index in [4.69, 9.17) is 10.8 Å². The van der Waals surface area contributed by atoms with Crippen LogP contribution in [-0.2, 0) is 14.4 Å². The molecule has 2 amide bonds. The van der Waals surface area contributed by atoms with Crippen LogP contribution < -0.4 is 5.73 Å². The molecule has 96 valence electrons. The zero-order chi connectivity index (χ0) is 12.8. The Kier molecular flexibility index (Phi) is 4.93. The fraction of sp³-hybridized carbons (Fsp3) is 0.727. The van der Waals surface area contributed by atoms with E-state index < -0.39 is 11.9 Å². The summed E-state index contributed by atoms with van der Waals surface area (Å²) in [6.07, 6.45) is 1.95. The lowest BCUT2D eigenvalue weighted by Gasteiger charge is -2.20. The number of aliphatic carboxylic acids is 1. The highest BCUT2D eigenvalue weighted by Crippen LogP contribution is 2.18. The Morgan fingerprint density at radius 2 is 2.12 bits per heavy atom. The quantitative estimate of drug-likeness (QED) is 0.706. The summed E-state index contributed by atoms with van der Waals surface area (Å²) in [5, 5.41) is 8.89. The van der Waals surface area contributed by atoms with Crippen LogP contribution in [0, 0.1) is 5.92 Å². The standard InChI is InChI=1S/C11H18N2O4/c12-9(14)2-1-6-13-7-5-8(11(16)17)3-4-10(13)15/h8H,1-7H2,(H2,12,14)(H,16,17). The minimum atomic E-state index is -0.836. The van der Waals surface area contributed by atoms with Gasteiger partial charge in [-0.2, -0.15) is 0 Å². The molecule has 0 saturated carbocycles. The SMILES string of the molecule is NC(=O)CCCN1CCC(C(=O)O)CCC1=O. The van der Waals surface area contributed by atoms with Crippen molar-refractivity contribution in [3.05, 3.63) is 0 Å². The molecule has 0 bridgehead atoms. The summed E-state index contributed by atoms with van der Waals surface area (Å²) >= 11 is 0. The normalized spacial score (nSPS) is 21.1. The zero-order valence-electron chi connectivity index (χ0n) is 9.72. The van der Waals surface area contributed by atoms with E-state index in [9.17, 15) is 14.4 Å². The Morgan fingerprint density at radius 3 is 2.71 bits per heavy atom. The number of likely N-dealkylation sites (tertiary alicyclic amines) is 1. The topological polar surface area (TPSA) is 101 Å². The molecule has 0 aromatic carbocycles. The average Bonchev–Trinajstić information content (AvgIpc) is 2.41. The summed E-state index contributed by atoms with van der Waals surface area (Å²) < 4.78 is 0. The molecule has 1 aliphatic heterocycles. The second-order valence-electron chi connectivity index (χ2n) is 4.31. The summed E-state index contributed by atoms with van der Waals surface area (Å²) in [6.45, 7) is 0.933. The van der Waals surface area contributed by atoms with Crippen LogP contribution in [-0.4, -0.2) is 40.9 Å². The van der Waals surface area contributed by atoms with Gasteiger partial charge in [0.05, 0.1) is 5.92 Å². The number of hydrogen-bond acceptors (Lipinski definition) is 3. The Labute approximate surface area is 99.8 Å². The predicted octanol–water partition coefficient (Wildman–Crippen LogP) is -0.0348. The van der Waals surface area contributed by atoms with Gasteiger partial charge in [-0.3, -0.25) is 14.4 Å². The molecule has 1 heterocycles. The first kappa shape index (κ1) is 13.5. The molecular formula is C11H18N2O4. The molecule has 1 aliphatic rings. The van der Waals surface area contributed by atoms with Gasteiger partial charge >= 0.3 is 5.97 Å². The van der Waals surface area contributed by atoms with Gasteiger partial charge in [-0.05, 0) is 19.3 Å². The van der Waals surface area contributed by atoms with Crippen LogP contribution in [0.2, 0.25) is 0 Å². The molecule has 1 atom stereocenters. The van der Waals surface area contributed by atoms with E-state index in [1.807, 2.05) is 0 Å². The summed E-state index contributed by atoms with van der Waals surface area (Å²) in [5.74, 6) is -1.68. The molecule has 1 rings (SSSR count).